The van der Waals surface area contributed by atoms with Gasteiger partial charge in [0.2, 0.25) is 5.88 Å². The summed E-state index contributed by atoms with van der Waals surface area (Å²) in [6.45, 7) is 0. The fourth-order valence-corrected chi connectivity index (χ4v) is 1.81. The number of fused-ring (bicyclic) bond motifs is 1. The number of hydrogen-bond acceptors (Lipinski definition) is 4. The summed E-state index contributed by atoms with van der Waals surface area (Å²) in [6, 6.07) is 7.92. The first-order valence-corrected chi connectivity index (χ1v) is 4.89. The third kappa shape index (κ3) is 1.24. The van der Waals surface area contributed by atoms with Gasteiger partial charge >= 0.3 is 0 Å². The van der Waals surface area contributed by atoms with Gasteiger partial charge < -0.3 is 10.3 Å². The minimum absolute atomic E-state index is 0.337. The number of pyridine rings is 1. The summed E-state index contributed by atoms with van der Waals surface area (Å²) in [4.78, 5) is 4.09. The number of rotatable bonds is 1. The van der Waals surface area contributed by atoms with Crippen molar-refractivity contribution in [2.24, 2.45) is 0 Å². The lowest BCUT2D eigenvalue weighted by Gasteiger charge is -2.03. The van der Waals surface area contributed by atoms with E-state index in [1.807, 2.05) is 30.5 Å². The predicted octanol–water partition coefficient (Wildman–Crippen LogP) is 2.47. The van der Waals surface area contributed by atoms with Crippen LogP contribution in [0.5, 0.6) is 0 Å². The number of anilines is 1. The van der Waals surface area contributed by atoms with E-state index in [0.717, 1.165) is 21.9 Å². The lowest BCUT2D eigenvalue weighted by atomic mass is 10.0. The topological polar surface area (TPSA) is 64.9 Å². The Morgan fingerprint density at radius 3 is 2.81 bits per heavy atom. The van der Waals surface area contributed by atoms with Crippen LogP contribution >= 0.6 is 0 Å². The quantitative estimate of drug-likeness (QED) is 0.671. The molecule has 0 saturated heterocycles. The lowest BCUT2D eigenvalue weighted by molar-refractivity contribution is 0.436. The highest BCUT2D eigenvalue weighted by molar-refractivity contribution is 5.97. The van der Waals surface area contributed by atoms with E-state index in [0.29, 0.717) is 5.88 Å². The molecule has 0 saturated carbocycles. The van der Waals surface area contributed by atoms with Crippen LogP contribution in [0.3, 0.4) is 0 Å². The van der Waals surface area contributed by atoms with Crippen molar-refractivity contribution in [2.75, 3.05) is 5.73 Å². The average Bonchev–Trinajstić information content (AvgIpc) is 2.75. The summed E-state index contributed by atoms with van der Waals surface area (Å²) in [7, 11) is 0. The van der Waals surface area contributed by atoms with E-state index in [2.05, 4.69) is 10.1 Å². The van der Waals surface area contributed by atoms with Gasteiger partial charge in [-0.1, -0.05) is 23.4 Å². The zero-order valence-electron chi connectivity index (χ0n) is 8.42. The Kier molecular flexibility index (Phi) is 1.86. The van der Waals surface area contributed by atoms with Crippen LogP contribution in [-0.4, -0.2) is 10.1 Å². The molecular weight excluding hydrogens is 202 g/mol. The smallest absolute Gasteiger partial charge is 0.229 e. The summed E-state index contributed by atoms with van der Waals surface area (Å²) >= 11 is 0. The molecule has 0 spiro atoms. The van der Waals surface area contributed by atoms with Crippen molar-refractivity contribution in [3.05, 3.63) is 42.9 Å². The van der Waals surface area contributed by atoms with Crippen LogP contribution in [0, 0.1) is 0 Å². The molecule has 1 aromatic carbocycles. The molecule has 0 bridgehead atoms. The number of nitrogens with zero attached hydrogens (tertiary/aromatic N) is 2. The van der Waals surface area contributed by atoms with E-state index >= 15 is 0 Å². The standard InChI is InChI=1S/C12H9N3O/c13-12-11(7-15-16-12)10-3-1-2-8-6-14-5-4-9(8)10/h1-7H,13H2. The van der Waals surface area contributed by atoms with Crippen LogP contribution in [0.1, 0.15) is 0 Å². The SMILES string of the molecule is Nc1oncc1-c1cccc2cnccc12. The highest BCUT2D eigenvalue weighted by Gasteiger charge is 2.09. The van der Waals surface area contributed by atoms with Gasteiger partial charge in [-0.2, -0.15) is 0 Å². The Morgan fingerprint density at radius 2 is 2.00 bits per heavy atom. The first kappa shape index (κ1) is 8.91. The summed E-state index contributed by atoms with van der Waals surface area (Å²) in [5, 5.41) is 5.85. The third-order valence-electron chi connectivity index (χ3n) is 2.57. The van der Waals surface area contributed by atoms with Gasteiger partial charge in [-0.25, -0.2) is 0 Å². The molecular formula is C12H9N3O. The maximum Gasteiger partial charge on any atom is 0.229 e. The summed E-state index contributed by atoms with van der Waals surface area (Å²) in [6.07, 6.45) is 5.21. The van der Waals surface area contributed by atoms with Crippen molar-refractivity contribution in [2.45, 2.75) is 0 Å². The first-order chi connectivity index (χ1) is 7.86. The van der Waals surface area contributed by atoms with E-state index < -0.39 is 0 Å². The van der Waals surface area contributed by atoms with Gasteiger partial charge in [0.05, 0.1) is 11.8 Å². The Morgan fingerprint density at radius 1 is 1.06 bits per heavy atom. The number of nitrogen functional groups attached to an aromatic ring is 1. The second-order valence-corrected chi connectivity index (χ2v) is 3.51. The van der Waals surface area contributed by atoms with Gasteiger partial charge in [0.1, 0.15) is 0 Å². The van der Waals surface area contributed by atoms with E-state index in [9.17, 15) is 0 Å². The number of nitrogens with two attached hydrogens (primary N) is 1. The molecule has 0 atom stereocenters. The Hall–Kier alpha value is -2.36. The molecule has 0 aliphatic carbocycles. The second-order valence-electron chi connectivity index (χ2n) is 3.51. The monoisotopic (exact) mass is 211 g/mol. The minimum Gasteiger partial charge on any atom is -0.367 e. The molecule has 0 aliphatic rings. The van der Waals surface area contributed by atoms with Gasteiger partial charge in [0, 0.05) is 17.8 Å². The fourth-order valence-electron chi connectivity index (χ4n) is 1.81. The van der Waals surface area contributed by atoms with Crippen molar-refractivity contribution in [1.29, 1.82) is 0 Å². The van der Waals surface area contributed by atoms with Crippen LogP contribution in [0.4, 0.5) is 5.88 Å². The predicted molar refractivity (Wildman–Crippen MR) is 61.7 cm³/mol. The number of benzene rings is 1. The van der Waals surface area contributed by atoms with Crippen LogP contribution < -0.4 is 5.73 Å². The zero-order chi connectivity index (χ0) is 11.0. The number of hydrogen-bond donors (Lipinski definition) is 1. The fraction of sp³-hybridized carbons (Fsp3) is 0. The minimum atomic E-state index is 0.337. The molecule has 2 heterocycles. The van der Waals surface area contributed by atoms with Crippen LogP contribution in [0.2, 0.25) is 0 Å². The summed E-state index contributed by atoms with van der Waals surface area (Å²) in [5.41, 5.74) is 7.55. The van der Waals surface area contributed by atoms with E-state index in [1.54, 1.807) is 12.4 Å². The van der Waals surface area contributed by atoms with Crippen LogP contribution in [-0.2, 0) is 0 Å². The van der Waals surface area contributed by atoms with Gasteiger partial charge in [-0.15, -0.1) is 0 Å². The largest absolute Gasteiger partial charge is 0.367 e. The average molecular weight is 211 g/mol. The molecule has 3 rings (SSSR count). The van der Waals surface area contributed by atoms with E-state index in [1.165, 1.54) is 0 Å². The lowest BCUT2D eigenvalue weighted by Crippen LogP contribution is -1.86. The zero-order valence-corrected chi connectivity index (χ0v) is 8.42. The molecule has 0 radical (unpaired) electrons. The van der Waals surface area contributed by atoms with Gasteiger partial charge in [0.25, 0.3) is 0 Å². The molecule has 0 aliphatic heterocycles. The molecule has 2 aromatic heterocycles. The highest BCUT2D eigenvalue weighted by atomic mass is 16.5. The van der Waals surface area contributed by atoms with Crippen molar-refractivity contribution in [1.82, 2.24) is 10.1 Å². The maximum absolute atomic E-state index is 5.72. The number of aromatic nitrogens is 2. The first-order valence-electron chi connectivity index (χ1n) is 4.89. The van der Waals surface area contributed by atoms with Gasteiger partial charge in [0.15, 0.2) is 0 Å². The normalized spacial score (nSPS) is 10.8. The molecule has 3 aromatic rings. The Bertz CT molecular complexity index is 640. The molecule has 78 valence electrons. The molecule has 0 fully saturated rings. The van der Waals surface area contributed by atoms with Crippen molar-refractivity contribution in [3.8, 4) is 11.1 Å². The second kappa shape index (κ2) is 3.34. The van der Waals surface area contributed by atoms with Crippen LogP contribution in [0.15, 0.2) is 47.4 Å². The van der Waals surface area contributed by atoms with Crippen molar-refractivity contribution in [3.63, 3.8) is 0 Å². The molecule has 16 heavy (non-hydrogen) atoms. The summed E-state index contributed by atoms with van der Waals surface area (Å²) in [5.74, 6) is 0.337. The molecule has 4 heteroatoms. The van der Waals surface area contributed by atoms with Gasteiger partial charge in [-0.3, -0.25) is 4.98 Å². The highest BCUT2D eigenvalue weighted by Crippen LogP contribution is 2.31. The van der Waals surface area contributed by atoms with Gasteiger partial charge in [-0.05, 0) is 17.0 Å². The van der Waals surface area contributed by atoms with Crippen molar-refractivity contribution >= 4 is 16.7 Å². The van der Waals surface area contributed by atoms with E-state index in [4.69, 9.17) is 10.3 Å². The van der Waals surface area contributed by atoms with E-state index in [-0.39, 0.29) is 0 Å². The molecule has 4 nitrogen and oxygen atoms in total. The molecule has 2 N–H and O–H groups in total. The molecule has 0 amide bonds. The molecule has 0 unspecified atom stereocenters. The van der Waals surface area contributed by atoms with Crippen LogP contribution in [0.25, 0.3) is 21.9 Å². The summed E-state index contributed by atoms with van der Waals surface area (Å²) < 4.78 is 4.88. The Balaban J connectivity index is 2.36. The maximum atomic E-state index is 5.72. The Labute approximate surface area is 91.7 Å². The van der Waals surface area contributed by atoms with Crippen molar-refractivity contribution < 1.29 is 4.52 Å². The third-order valence-corrected chi connectivity index (χ3v) is 2.57.